The molecule has 1 heterocycles. The van der Waals surface area contributed by atoms with Gasteiger partial charge in [-0.15, -0.1) is 11.3 Å². The van der Waals surface area contributed by atoms with E-state index in [9.17, 15) is 8.42 Å². The Balaban J connectivity index is 2.56. The van der Waals surface area contributed by atoms with Crippen molar-refractivity contribution in [3.05, 3.63) is 33.4 Å². The van der Waals surface area contributed by atoms with Crippen molar-refractivity contribution in [2.24, 2.45) is 5.14 Å². The highest BCUT2D eigenvalue weighted by molar-refractivity contribution is 7.91. The molecule has 0 spiro atoms. The fraction of sp³-hybridized carbons (Fsp3) is 0. The molecule has 0 fully saturated rings. The highest BCUT2D eigenvalue weighted by Gasteiger charge is 2.16. The SMILES string of the molecule is NS(=O)(=O)c1cnc(-c2cc(Cl)c(Cl)cc2Cl)s1. The average molecular weight is 344 g/mol. The van der Waals surface area contributed by atoms with Gasteiger partial charge in [-0.2, -0.15) is 0 Å². The molecule has 0 bridgehead atoms. The summed E-state index contributed by atoms with van der Waals surface area (Å²) in [5, 5.41) is 6.36. The van der Waals surface area contributed by atoms with E-state index in [1.54, 1.807) is 0 Å². The molecule has 1 aromatic carbocycles. The summed E-state index contributed by atoms with van der Waals surface area (Å²) < 4.78 is 22.3. The van der Waals surface area contributed by atoms with Crippen molar-refractivity contribution in [2.75, 3.05) is 0 Å². The van der Waals surface area contributed by atoms with Gasteiger partial charge in [-0.25, -0.2) is 18.5 Å². The van der Waals surface area contributed by atoms with Crippen LogP contribution in [0.4, 0.5) is 0 Å². The van der Waals surface area contributed by atoms with Crippen molar-refractivity contribution in [2.45, 2.75) is 4.21 Å². The maximum Gasteiger partial charge on any atom is 0.249 e. The average Bonchev–Trinajstić information content (AvgIpc) is 2.72. The predicted molar refractivity (Wildman–Crippen MR) is 74.0 cm³/mol. The van der Waals surface area contributed by atoms with Crippen molar-refractivity contribution in [3.63, 3.8) is 0 Å². The first-order valence-electron chi connectivity index (χ1n) is 4.42. The quantitative estimate of drug-likeness (QED) is 0.849. The molecule has 2 N–H and O–H groups in total. The van der Waals surface area contributed by atoms with Crippen LogP contribution in [0.25, 0.3) is 10.6 Å². The van der Waals surface area contributed by atoms with Crippen LogP contribution >= 0.6 is 46.1 Å². The van der Waals surface area contributed by atoms with Crippen LogP contribution in [0.2, 0.25) is 15.1 Å². The van der Waals surface area contributed by atoms with Crippen LogP contribution < -0.4 is 5.14 Å². The van der Waals surface area contributed by atoms with Crippen molar-refractivity contribution in [3.8, 4) is 10.6 Å². The Morgan fingerprint density at radius 3 is 2.28 bits per heavy atom. The molecule has 0 aliphatic heterocycles. The lowest BCUT2D eigenvalue weighted by Crippen LogP contribution is -2.09. The Morgan fingerprint density at radius 1 is 1.11 bits per heavy atom. The monoisotopic (exact) mass is 342 g/mol. The molecule has 4 nitrogen and oxygen atoms in total. The lowest BCUT2D eigenvalue weighted by Gasteiger charge is -2.02. The molecular formula is C9H5Cl3N2O2S2. The van der Waals surface area contributed by atoms with E-state index in [4.69, 9.17) is 39.9 Å². The normalized spacial score (nSPS) is 11.8. The van der Waals surface area contributed by atoms with Crippen LogP contribution in [-0.4, -0.2) is 13.4 Å². The summed E-state index contributed by atoms with van der Waals surface area (Å²) >= 11 is 18.6. The van der Waals surface area contributed by atoms with Crippen LogP contribution in [0.15, 0.2) is 22.5 Å². The first kappa shape index (κ1) is 14.0. The zero-order chi connectivity index (χ0) is 13.5. The van der Waals surface area contributed by atoms with E-state index in [0.717, 1.165) is 11.3 Å². The van der Waals surface area contributed by atoms with Gasteiger partial charge in [0.05, 0.1) is 21.3 Å². The minimum atomic E-state index is -3.77. The van der Waals surface area contributed by atoms with Gasteiger partial charge in [0.25, 0.3) is 0 Å². The molecule has 0 aliphatic carbocycles. The van der Waals surface area contributed by atoms with Gasteiger partial charge in [0.2, 0.25) is 10.0 Å². The largest absolute Gasteiger partial charge is 0.249 e. The van der Waals surface area contributed by atoms with Gasteiger partial charge in [-0.3, -0.25) is 0 Å². The smallest absolute Gasteiger partial charge is 0.243 e. The number of rotatable bonds is 2. The van der Waals surface area contributed by atoms with E-state index < -0.39 is 10.0 Å². The van der Waals surface area contributed by atoms with Gasteiger partial charge < -0.3 is 0 Å². The number of halogens is 3. The first-order chi connectivity index (χ1) is 8.29. The summed E-state index contributed by atoms with van der Waals surface area (Å²) in [4.78, 5) is 3.96. The third-order valence-electron chi connectivity index (χ3n) is 2.01. The fourth-order valence-corrected chi connectivity index (χ4v) is 3.48. The van der Waals surface area contributed by atoms with Gasteiger partial charge in [0, 0.05) is 5.56 Å². The second-order valence-electron chi connectivity index (χ2n) is 3.28. The molecular weight excluding hydrogens is 339 g/mol. The molecule has 0 atom stereocenters. The van der Waals surface area contributed by atoms with Crippen molar-refractivity contribution in [1.29, 1.82) is 0 Å². The van der Waals surface area contributed by atoms with Gasteiger partial charge >= 0.3 is 0 Å². The lowest BCUT2D eigenvalue weighted by molar-refractivity contribution is 0.599. The number of nitrogens with zero attached hydrogens (tertiary/aromatic N) is 1. The van der Waals surface area contributed by atoms with Crippen LogP contribution in [-0.2, 0) is 10.0 Å². The Kier molecular flexibility index (Phi) is 3.87. The maximum atomic E-state index is 11.2. The number of aromatic nitrogens is 1. The summed E-state index contributed by atoms with van der Waals surface area (Å²) in [5.41, 5.74) is 0.506. The zero-order valence-corrected chi connectivity index (χ0v) is 12.4. The third kappa shape index (κ3) is 2.79. The Labute approximate surface area is 122 Å². The van der Waals surface area contributed by atoms with E-state index in [1.165, 1.54) is 18.3 Å². The summed E-state index contributed by atoms with van der Waals surface area (Å²) in [5.74, 6) is 0. The van der Waals surface area contributed by atoms with Crippen molar-refractivity contribution >= 4 is 56.2 Å². The topological polar surface area (TPSA) is 73.1 Å². The fourth-order valence-electron chi connectivity index (χ4n) is 1.20. The minimum Gasteiger partial charge on any atom is -0.243 e. The summed E-state index contributed by atoms with van der Waals surface area (Å²) in [6, 6.07) is 3.00. The molecule has 0 saturated carbocycles. The van der Waals surface area contributed by atoms with E-state index in [0.29, 0.717) is 25.6 Å². The molecule has 2 aromatic rings. The lowest BCUT2D eigenvalue weighted by atomic mass is 10.2. The maximum absolute atomic E-state index is 11.2. The minimum absolute atomic E-state index is 0.0420. The van der Waals surface area contributed by atoms with Crippen molar-refractivity contribution in [1.82, 2.24) is 4.98 Å². The van der Waals surface area contributed by atoms with Gasteiger partial charge in [-0.05, 0) is 12.1 Å². The molecule has 18 heavy (non-hydrogen) atoms. The number of hydrogen-bond acceptors (Lipinski definition) is 4. The van der Waals surface area contributed by atoms with Crippen LogP contribution in [0.5, 0.6) is 0 Å². The van der Waals surface area contributed by atoms with Crippen LogP contribution in [0.3, 0.4) is 0 Å². The van der Waals surface area contributed by atoms with Crippen molar-refractivity contribution < 1.29 is 8.42 Å². The predicted octanol–water partition coefficient (Wildman–Crippen LogP) is 3.42. The molecule has 0 radical (unpaired) electrons. The second kappa shape index (κ2) is 4.96. The highest BCUT2D eigenvalue weighted by atomic mass is 35.5. The number of thiazole rings is 1. The van der Waals surface area contributed by atoms with E-state index in [2.05, 4.69) is 4.98 Å². The molecule has 96 valence electrons. The summed E-state index contributed by atoms with van der Waals surface area (Å²) in [7, 11) is -3.77. The van der Waals surface area contributed by atoms with Crippen LogP contribution in [0, 0.1) is 0 Å². The van der Waals surface area contributed by atoms with Gasteiger partial charge in [-0.1, -0.05) is 34.8 Å². The Morgan fingerprint density at radius 2 is 1.72 bits per heavy atom. The van der Waals surface area contributed by atoms with E-state index in [-0.39, 0.29) is 4.21 Å². The molecule has 0 amide bonds. The Hall–Kier alpha value is -0.370. The number of benzene rings is 1. The molecule has 0 saturated heterocycles. The standard InChI is InChI=1S/C9H5Cl3N2O2S2/c10-5-2-7(12)6(11)1-4(5)9-14-3-8(17-9)18(13,15)16/h1-3H,(H2,13,15,16). The zero-order valence-electron chi connectivity index (χ0n) is 8.52. The number of sulfonamides is 1. The van der Waals surface area contributed by atoms with Gasteiger partial charge in [0.1, 0.15) is 5.01 Å². The van der Waals surface area contributed by atoms with Gasteiger partial charge in [0.15, 0.2) is 4.21 Å². The second-order valence-corrected chi connectivity index (χ2v) is 7.32. The molecule has 1 aromatic heterocycles. The number of hydrogen-bond donors (Lipinski definition) is 1. The molecule has 0 unspecified atom stereocenters. The van der Waals surface area contributed by atoms with Crippen LogP contribution in [0.1, 0.15) is 0 Å². The third-order valence-corrected chi connectivity index (χ3v) is 5.48. The molecule has 2 rings (SSSR count). The molecule has 0 aliphatic rings. The van der Waals surface area contributed by atoms with E-state index >= 15 is 0 Å². The number of primary sulfonamides is 1. The Bertz CT molecular complexity index is 713. The summed E-state index contributed by atoms with van der Waals surface area (Å²) in [6.07, 6.45) is 1.17. The first-order valence-corrected chi connectivity index (χ1v) is 7.92. The number of nitrogens with two attached hydrogens (primary N) is 1. The van der Waals surface area contributed by atoms with E-state index in [1.807, 2.05) is 0 Å². The highest BCUT2D eigenvalue weighted by Crippen LogP contribution is 2.37. The molecule has 9 heteroatoms. The summed E-state index contributed by atoms with van der Waals surface area (Å²) in [6.45, 7) is 0.